The molecule has 0 saturated heterocycles. The van der Waals surface area contributed by atoms with Crippen molar-refractivity contribution in [1.82, 2.24) is 20.1 Å². The molecule has 5 aromatic rings. The zero-order valence-electron chi connectivity index (χ0n) is 19.2. The Morgan fingerprint density at radius 3 is 2.80 bits per heavy atom. The van der Waals surface area contributed by atoms with Gasteiger partial charge >= 0.3 is 5.76 Å². The first-order chi connectivity index (χ1) is 17.2. The van der Waals surface area contributed by atoms with E-state index in [9.17, 15) is 4.79 Å². The number of rotatable bonds is 9. The number of aromatic nitrogens is 4. The highest BCUT2D eigenvalue weighted by molar-refractivity contribution is 7.19. The molecule has 0 spiro atoms. The molecule has 2 N–H and O–H groups in total. The van der Waals surface area contributed by atoms with E-state index in [0.29, 0.717) is 35.4 Å². The monoisotopic (exact) mass is 489 g/mol. The summed E-state index contributed by atoms with van der Waals surface area (Å²) in [5, 5.41) is 9.54. The Balaban J connectivity index is 1.36. The van der Waals surface area contributed by atoms with Crippen LogP contribution in [0.4, 0.5) is 5.82 Å². The van der Waals surface area contributed by atoms with Crippen molar-refractivity contribution in [2.75, 3.05) is 25.6 Å². The van der Waals surface area contributed by atoms with Gasteiger partial charge in [0, 0.05) is 24.2 Å². The number of nitrogens with zero attached hydrogens (tertiary/aromatic N) is 3. The van der Waals surface area contributed by atoms with E-state index in [1.807, 2.05) is 37.3 Å². The maximum Gasteiger partial charge on any atom is 0.439 e. The van der Waals surface area contributed by atoms with Crippen LogP contribution in [0.3, 0.4) is 0 Å². The number of fused-ring (bicyclic) bond motifs is 1. The fourth-order valence-corrected chi connectivity index (χ4v) is 4.93. The smallest absolute Gasteiger partial charge is 0.439 e. The summed E-state index contributed by atoms with van der Waals surface area (Å²) in [6.07, 6.45) is 2.29. The molecule has 0 radical (unpaired) electrons. The van der Waals surface area contributed by atoms with Gasteiger partial charge in [0.15, 0.2) is 5.82 Å². The van der Waals surface area contributed by atoms with E-state index in [2.05, 4.69) is 48.1 Å². The second kappa shape index (κ2) is 9.98. The second-order valence-electron chi connectivity index (χ2n) is 7.61. The van der Waals surface area contributed by atoms with Crippen molar-refractivity contribution < 1.29 is 14.0 Å². The van der Waals surface area contributed by atoms with Crippen molar-refractivity contribution in [3.63, 3.8) is 0 Å². The first kappa shape index (κ1) is 22.6. The van der Waals surface area contributed by atoms with E-state index >= 15 is 0 Å². The molecular formula is C25H23N5O4S. The Morgan fingerprint density at radius 2 is 2.00 bits per heavy atom. The van der Waals surface area contributed by atoms with E-state index in [0.717, 1.165) is 28.3 Å². The maximum atomic E-state index is 11.4. The van der Waals surface area contributed by atoms with Gasteiger partial charge in [-0.15, -0.1) is 11.3 Å². The average Bonchev–Trinajstić information content (AvgIpc) is 3.50. The summed E-state index contributed by atoms with van der Waals surface area (Å²) in [5.41, 5.74) is 1.88. The zero-order chi connectivity index (χ0) is 24.2. The minimum Gasteiger partial charge on any atom is -0.496 e. The number of hydrogen-bond donors (Lipinski definition) is 2. The van der Waals surface area contributed by atoms with Crippen LogP contribution in [0.1, 0.15) is 12.5 Å². The van der Waals surface area contributed by atoms with Gasteiger partial charge in [-0.1, -0.05) is 35.5 Å². The largest absolute Gasteiger partial charge is 0.496 e. The number of anilines is 1. The van der Waals surface area contributed by atoms with Gasteiger partial charge in [-0.3, -0.25) is 9.51 Å². The van der Waals surface area contributed by atoms with Crippen LogP contribution in [-0.4, -0.2) is 40.4 Å². The zero-order valence-corrected chi connectivity index (χ0v) is 20.0. The molecule has 5 rings (SSSR count). The van der Waals surface area contributed by atoms with Crippen molar-refractivity contribution >= 4 is 27.9 Å². The predicted octanol–water partition coefficient (Wildman–Crippen LogP) is 4.76. The molecule has 3 heterocycles. The topological polar surface area (TPSA) is 115 Å². The van der Waals surface area contributed by atoms with Crippen LogP contribution in [0.2, 0.25) is 0 Å². The van der Waals surface area contributed by atoms with E-state index in [-0.39, 0.29) is 0 Å². The second-order valence-corrected chi connectivity index (χ2v) is 8.67. The summed E-state index contributed by atoms with van der Waals surface area (Å²) in [4.78, 5) is 24.3. The molecule has 0 amide bonds. The Hall–Kier alpha value is -4.18. The lowest BCUT2D eigenvalue weighted by Gasteiger charge is -2.13. The Bertz CT molecular complexity index is 1520. The van der Waals surface area contributed by atoms with Crippen LogP contribution in [0.25, 0.3) is 32.0 Å². The van der Waals surface area contributed by atoms with Crippen LogP contribution in [-0.2, 0) is 6.42 Å². The van der Waals surface area contributed by atoms with Crippen LogP contribution in [0.5, 0.6) is 11.5 Å². The number of nitrogens with one attached hydrogen (secondary N) is 2. The quantitative estimate of drug-likeness (QED) is 0.304. The molecule has 10 heteroatoms. The fourth-order valence-electron chi connectivity index (χ4n) is 3.93. The van der Waals surface area contributed by atoms with Gasteiger partial charge in [0.1, 0.15) is 28.5 Å². The lowest BCUT2D eigenvalue weighted by atomic mass is 10.0. The van der Waals surface area contributed by atoms with E-state index in [4.69, 9.17) is 9.47 Å². The first-order valence-electron chi connectivity index (χ1n) is 11.1. The van der Waals surface area contributed by atoms with Crippen molar-refractivity contribution in [1.29, 1.82) is 0 Å². The molecule has 0 unspecified atom stereocenters. The highest BCUT2D eigenvalue weighted by Crippen LogP contribution is 2.41. The maximum absolute atomic E-state index is 11.4. The Morgan fingerprint density at radius 1 is 1.11 bits per heavy atom. The number of H-pyrrole nitrogens is 1. The van der Waals surface area contributed by atoms with Crippen LogP contribution in [0.15, 0.2) is 64.2 Å². The molecule has 9 nitrogen and oxygen atoms in total. The highest BCUT2D eigenvalue weighted by Gasteiger charge is 2.18. The molecule has 3 aromatic heterocycles. The third-order valence-electron chi connectivity index (χ3n) is 5.47. The number of benzene rings is 2. The summed E-state index contributed by atoms with van der Waals surface area (Å²) >= 11 is 1.40. The summed E-state index contributed by atoms with van der Waals surface area (Å²) < 4.78 is 16.0. The first-order valence-corrected chi connectivity index (χ1v) is 11.9. The van der Waals surface area contributed by atoms with Gasteiger partial charge in [0.2, 0.25) is 0 Å². The third-order valence-corrected chi connectivity index (χ3v) is 6.62. The molecule has 0 fully saturated rings. The molecule has 0 saturated carbocycles. The standard InChI is InChI=1S/C25H23N5O4S/c1-3-33-20-13-21(35-23(20)24-29-25(31)34-30-24)18-12-22(28-14-27-18)26-11-10-17-16-7-5-4-6-15(16)8-9-19(17)32-2/h4-9,12-14H,3,10-11H2,1-2H3,(H,26,27,28)(H,29,30,31). The Kier molecular flexibility index (Phi) is 6.44. The molecule has 178 valence electrons. The van der Waals surface area contributed by atoms with E-state index in [1.165, 1.54) is 28.4 Å². The van der Waals surface area contributed by atoms with Crippen LogP contribution < -0.4 is 20.5 Å². The van der Waals surface area contributed by atoms with Gasteiger partial charge in [0.05, 0.1) is 24.3 Å². The highest BCUT2D eigenvalue weighted by atomic mass is 32.1. The summed E-state index contributed by atoms with van der Waals surface area (Å²) in [6.45, 7) is 3.03. The summed E-state index contributed by atoms with van der Waals surface area (Å²) in [7, 11) is 1.69. The van der Waals surface area contributed by atoms with Gasteiger partial charge in [-0.05, 0) is 30.2 Å². The predicted molar refractivity (Wildman–Crippen MR) is 135 cm³/mol. The summed E-state index contributed by atoms with van der Waals surface area (Å²) in [6, 6.07) is 16.1. The minimum absolute atomic E-state index is 0.325. The van der Waals surface area contributed by atoms with Crippen molar-refractivity contribution in [3.8, 4) is 32.8 Å². The van der Waals surface area contributed by atoms with E-state index in [1.54, 1.807) is 7.11 Å². The average molecular weight is 490 g/mol. The van der Waals surface area contributed by atoms with E-state index < -0.39 is 5.76 Å². The third kappa shape index (κ3) is 4.73. The number of thiophene rings is 1. The SMILES string of the molecule is CCOc1cc(-c2cc(NCCc3c(OC)ccc4ccccc34)ncn2)sc1-c1noc(=O)[nH]1. The molecule has 0 aliphatic heterocycles. The Labute approximate surface area is 204 Å². The number of aromatic amines is 1. The molecule has 0 aliphatic carbocycles. The van der Waals surface area contributed by atoms with Gasteiger partial charge in [0.25, 0.3) is 0 Å². The summed E-state index contributed by atoms with van der Waals surface area (Å²) in [5.74, 6) is 1.89. The van der Waals surface area contributed by atoms with Crippen molar-refractivity contribution in [3.05, 3.63) is 71.0 Å². The van der Waals surface area contributed by atoms with Crippen LogP contribution in [0, 0.1) is 0 Å². The normalized spacial score (nSPS) is 11.0. The molecule has 2 aromatic carbocycles. The van der Waals surface area contributed by atoms with Gasteiger partial charge < -0.3 is 14.8 Å². The van der Waals surface area contributed by atoms with Gasteiger partial charge in [-0.2, -0.15) is 0 Å². The van der Waals surface area contributed by atoms with Crippen LogP contribution >= 0.6 is 11.3 Å². The molecule has 0 bridgehead atoms. The molecule has 0 aliphatic rings. The lowest BCUT2D eigenvalue weighted by Crippen LogP contribution is -2.08. The minimum atomic E-state index is -0.617. The number of hydrogen-bond acceptors (Lipinski definition) is 9. The number of methoxy groups -OCH3 is 1. The van der Waals surface area contributed by atoms with Crippen molar-refractivity contribution in [2.45, 2.75) is 13.3 Å². The molecule has 35 heavy (non-hydrogen) atoms. The molecule has 0 atom stereocenters. The molecular weight excluding hydrogens is 466 g/mol. The lowest BCUT2D eigenvalue weighted by molar-refractivity contribution is 0.342. The number of ether oxygens (including phenoxy) is 2. The fraction of sp³-hybridized carbons (Fsp3) is 0.200. The van der Waals surface area contributed by atoms with Crippen molar-refractivity contribution in [2.24, 2.45) is 0 Å². The van der Waals surface area contributed by atoms with Gasteiger partial charge in [-0.25, -0.2) is 14.8 Å².